The van der Waals surface area contributed by atoms with Crippen LogP contribution in [-0.4, -0.2) is 17.4 Å². The Morgan fingerprint density at radius 3 is 2.85 bits per heavy atom. The second kappa shape index (κ2) is 5.71. The SMILES string of the molecule is O=C1NOCc2c(-c3ccc(C4=CCCN4)c(F)c3)[nH]c3cccc1c23. The average molecular weight is 349 g/mol. The quantitative estimate of drug-likeness (QED) is 0.664. The van der Waals surface area contributed by atoms with E-state index in [1.807, 2.05) is 24.3 Å². The molecule has 2 aliphatic rings. The van der Waals surface area contributed by atoms with Gasteiger partial charge in [-0.3, -0.25) is 9.63 Å². The minimum atomic E-state index is -0.280. The second-order valence-corrected chi connectivity index (χ2v) is 6.45. The number of halogens is 1. The Morgan fingerprint density at radius 1 is 1.12 bits per heavy atom. The van der Waals surface area contributed by atoms with Crippen LogP contribution in [0, 0.1) is 5.82 Å². The van der Waals surface area contributed by atoms with Crippen molar-refractivity contribution in [3.63, 3.8) is 0 Å². The summed E-state index contributed by atoms with van der Waals surface area (Å²) >= 11 is 0. The molecule has 3 heterocycles. The minimum Gasteiger partial charge on any atom is -0.384 e. The molecule has 0 fully saturated rings. The Labute approximate surface area is 148 Å². The van der Waals surface area contributed by atoms with E-state index < -0.39 is 0 Å². The molecule has 6 heteroatoms. The third-order valence-electron chi connectivity index (χ3n) is 4.91. The van der Waals surface area contributed by atoms with Gasteiger partial charge in [-0.2, -0.15) is 0 Å². The number of nitrogens with one attached hydrogen (secondary N) is 3. The summed E-state index contributed by atoms with van der Waals surface area (Å²) in [5, 5.41) is 4.02. The van der Waals surface area contributed by atoms with E-state index in [9.17, 15) is 9.18 Å². The molecule has 1 amide bonds. The maximum absolute atomic E-state index is 14.7. The van der Waals surface area contributed by atoms with Gasteiger partial charge in [0.25, 0.3) is 5.91 Å². The lowest BCUT2D eigenvalue weighted by atomic mass is 10.0. The molecule has 26 heavy (non-hydrogen) atoms. The number of hydrogen-bond acceptors (Lipinski definition) is 3. The first-order valence-corrected chi connectivity index (χ1v) is 8.52. The topological polar surface area (TPSA) is 66.2 Å². The maximum Gasteiger partial charge on any atom is 0.275 e. The van der Waals surface area contributed by atoms with E-state index in [-0.39, 0.29) is 18.3 Å². The summed E-state index contributed by atoms with van der Waals surface area (Å²) in [6.45, 7) is 1.05. The fourth-order valence-corrected chi connectivity index (χ4v) is 3.72. The molecule has 5 nitrogen and oxygen atoms in total. The standard InChI is InChI=1S/C20H16FN3O2/c21-15-9-11(6-7-12(15)16-5-2-8-22-16)19-14-10-26-24-20(25)13-3-1-4-17(23-19)18(13)14/h1,3-7,9,22-23H,2,8,10H2,(H,24,25). The predicted octanol–water partition coefficient (Wildman–Crippen LogP) is 3.48. The van der Waals surface area contributed by atoms with Crippen LogP contribution in [0.3, 0.4) is 0 Å². The van der Waals surface area contributed by atoms with Gasteiger partial charge in [0, 0.05) is 39.8 Å². The summed E-state index contributed by atoms with van der Waals surface area (Å²) in [5.74, 6) is -0.557. The fraction of sp³-hybridized carbons (Fsp3) is 0.150. The normalized spacial score (nSPS) is 16.2. The van der Waals surface area contributed by atoms with E-state index in [1.54, 1.807) is 12.1 Å². The number of aromatic amines is 1. The molecule has 5 rings (SSSR count). The summed E-state index contributed by atoms with van der Waals surface area (Å²) in [6, 6.07) is 10.7. The van der Waals surface area contributed by atoms with E-state index in [1.165, 1.54) is 6.07 Å². The monoisotopic (exact) mass is 349 g/mol. The molecule has 3 aromatic rings. The Balaban J connectivity index is 1.68. The van der Waals surface area contributed by atoms with Crippen LogP contribution < -0.4 is 10.8 Å². The Hall–Kier alpha value is -3.12. The van der Waals surface area contributed by atoms with Crippen LogP contribution in [-0.2, 0) is 11.4 Å². The van der Waals surface area contributed by atoms with Gasteiger partial charge in [-0.05, 0) is 30.7 Å². The number of carbonyl (C=O) groups is 1. The Kier molecular flexibility index (Phi) is 3.33. The summed E-state index contributed by atoms with van der Waals surface area (Å²) in [6.07, 6.45) is 2.91. The first-order chi connectivity index (χ1) is 12.7. The Bertz CT molecular complexity index is 1080. The van der Waals surface area contributed by atoms with E-state index in [2.05, 4.69) is 15.8 Å². The highest BCUT2D eigenvalue weighted by Crippen LogP contribution is 2.35. The van der Waals surface area contributed by atoms with E-state index in [4.69, 9.17) is 4.84 Å². The molecule has 1 aromatic heterocycles. The van der Waals surface area contributed by atoms with Crippen molar-refractivity contribution in [2.75, 3.05) is 6.54 Å². The van der Waals surface area contributed by atoms with Crippen molar-refractivity contribution in [1.29, 1.82) is 0 Å². The zero-order valence-corrected chi connectivity index (χ0v) is 13.9. The van der Waals surface area contributed by atoms with Crippen molar-refractivity contribution < 1.29 is 14.0 Å². The van der Waals surface area contributed by atoms with E-state index >= 15 is 0 Å². The first kappa shape index (κ1) is 15.2. The largest absolute Gasteiger partial charge is 0.384 e. The highest BCUT2D eigenvalue weighted by Gasteiger charge is 2.23. The van der Waals surface area contributed by atoms with Crippen molar-refractivity contribution in [3.8, 4) is 11.3 Å². The lowest BCUT2D eigenvalue weighted by molar-refractivity contribution is 0.0256. The molecular formula is C20H16FN3O2. The summed E-state index contributed by atoms with van der Waals surface area (Å²) in [5.41, 5.74) is 7.56. The van der Waals surface area contributed by atoms with Crippen molar-refractivity contribution in [2.45, 2.75) is 13.0 Å². The number of carbonyl (C=O) groups excluding carboxylic acids is 1. The first-order valence-electron chi connectivity index (χ1n) is 8.52. The van der Waals surface area contributed by atoms with Crippen LogP contribution in [0.4, 0.5) is 4.39 Å². The van der Waals surface area contributed by atoms with Crippen LogP contribution in [0.2, 0.25) is 0 Å². The molecule has 0 spiro atoms. The molecule has 0 bridgehead atoms. The van der Waals surface area contributed by atoms with Gasteiger partial charge in [-0.15, -0.1) is 0 Å². The van der Waals surface area contributed by atoms with Gasteiger partial charge in [0.2, 0.25) is 0 Å². The number of amides is 1. The summed E-state index contributed by atoms with van der Waals surface area (Å²) < 4.78 is 14.7. The lowest BCUT2D eigenvalue weighted by Gasteiger charge is -2.09. The van der Waals surface area contributed by atoms with Crippen LogP contribution in [0.5, 0.6) is 0 Å². The van der Waals surface area contributed by atoms with Crippen molar-refractivity contribution in [1.82, 2.24) is 15.8 Å². The maximum atomic E-state index is 14.7. The van der Waals surface area contributed by atoms with Crippen molar-refractivity contribution >= 4 is 22.5 Å². The predicted molar refractivity (Wildman–Crippen MR) is 96.5 cm³/mol. The molecule has 0 aliphatic carbocycles. The summed E-state index contributed by atoms with van der Waals surface area (Å²) in [4.78, 5) is 20.8. The molecule has 0 radical (unpaired) electrons. The smallest absolute Gasteiger partial charge is 0.275 e. The molecule has 0 unspecified atom stereocenters. The third-order valence-corrected chi connectivity index (χ3v) is 4.91. The zero-order valence-electron chi connectivity index (χ0n) is 13.9. The molecule has 0 atom stereocenters. The number of H-pyrrole nitrogens is 1. The zero-order chi connectivity index (χ0) is 17.7. The van der Waals surface area contributed by atoms with Crippen LogP contribution in [0.15, 0.2) is 42.5 Å². The number of hydrogen-bond donors (Lipinski definition) is 3. The molecule has 2 aliphatic heterocycles. The molecule has 130 valence electrons. The highest BCUT2D eigenvalue weighted by atomic mass is 19.1. The van der Waals surface area contributed by atoms with Gasteiger partial charge in [0.15, 0.2) is 0 Å². The van der Waals surface area contributed by atoms with E-state index in [0.717, 1.165) is 46.4 Å². The van der Waals surface area contributed by atoms with Crippen LogP contribution in [0.1, 0.15) is 27.9 Å². The summed E-state index contributed by atoms with van der Waals surface area (Å²) in [7, 11) is 0. The van der Waals surface area contributed by atoms with Crippen molar-refractivity contribution in [2.24, 2.45) is 0 Å². The minimum absolute atomic E-state index is 0.216. The number of hydroxylamine groups is 1. The number of aromatic nitrogens is 1. The molecular weight excluding hydrogens is 333 g/mol. The van der Waals surface area contributed by atoms with Crippen LogP contribution in [0.25, 0.3) is 27.9 Å². The Morgan fingerprint density at radius 2 is 2.04 bits per heavy atom. The van der Waals surface area contributed by atoms with Gasteiger partial charge in [0.05, 0.1) is 11.3 Å². The molecule has 2 aromatic carbocycles. The van der Waals surface area contributed by atoms with Gasteiger partial charge >= 0.3 is 0 Å². The molecule has 0 saturated heterocycles. The van der Waals surface area contributed by atoms with Crippen molar-refractivity contribution in [3.05, 3.63) is 65.0 Å². The average Bonchev–Trinajstić information content (AvgIpc) is 3.26. The molecule has 0 saturated carbocycles. The highest BCUT2D eigenvalue weighted by molar-refractivity contribution is 6.09. The van der Waals surface area contributed by atoms with Gasteiger partial charge in [0.1, 0.15) is 12.4 Å². The van der Waals surface area contributed by atoms with E-state index in [0.29, 0.717) is 11.1 Å². The number of benzene rings is 2. The second-order valence-electron chi connectivity index (χ2n) is 6.45. The third kappa shape index (κ3) is 2.23. The lowest BCUT2D eigenvalue weighted by Crippen LogP contribution is -2.21. The molecule has 3 N–H and O–H groups in total. The van der Waals surface area contributed by atoms with Gasteiger partial charge in [-0.25, -0.2) is 9.87 Å². The number of rotatable bonds is 2. The fourth-order valence-electron chi connectivity index (χ4n) is 3.72. The van der Waals surface area contributed by atoms with Gasteiger partial charge in [-0.1, -0.05) is 18.2 Å². The van der Waals surface area contributed by atoms with Gasteiger partial charge < -0.3 is 10.3 Å². The van der Waals surface area contributed by atoms with Crippen LogP contribution >= 0.6 is 0 Å².